The molecule has 0 spiro atoms. The van der Waals surface area contributed by atoms with Gasteiger partial charge in [0.1, 0.15) is 0 Å². The van der Waals surface area contributed by atoms with Crippen LogP contribution >= 0.6 is 0 Å². The highest BCUT2D eigenvalue weighted by Crippen LogP contribution is 2.32. The number of hydrogen-bond donors (Lipinski definition) is 2. The van der Waals surface area contributed by atoms with Gasteiger partial charge >= 0.3 is 0 Å². The smallest absolute Gasteiger partial charge is 0.0968 e. The number of aliphatic hydroxyl groups is 1. The predicted molar refractivity (Wildman–Crippen MR) is 58.2 cm³/mol. The monoisotopic (exact) mass is 196 g/mol. The van der Waals surface area contributed by atoms with E-state index < -0.39 is 0 Å². The molecule has 0 bridgehead atoms. The van der Waals surface area contributed by atoms with Gasteiger partial charge in [-0.2, -0.15) is 0 Å². The Kier molecular flexibility index (Phi) is 3.69. The highest BCUT2D eigenvalue weighted by molar-refractivity contribution is 5.77. The van der Waals surface area contributed by atoms with Crippen molar-refractivity contribution in [3.8, 4) is 0 Å². The molecule has 0 saturated heterocycles. The SMILES string of the molecule is C=CN(C(C)=N)C1CC(O)C(CC)C1. The van der Waals surface area contributed by atoms with E-state index in [2.05, 4.69) is 13.5 Å². The minimum Gasteiger partial charge on any atom is -0.393 e. The van der Waals surface area contributed by atoms with Gasteiger partial charge in [-0.05, 0) is 31.9 Å². The third-order valence-electron chi connectivity index (χ3n) is 3.13. The van der Waals surface area contributed by atoms with Gasteiger partial charge in [-0.3, -0.25) is 5.41 Å². The molecule has 1 saturated carbocycles. The van der Waals surface area contributed by atoms with Gasteiger partial charge in [-0.15, -0.1) is 0 Å². The van der Waals surface area contributed by atoms with Gasteiger partial charge in [0.05, 0.1) is 11.9 Å². The zero-order chi connectivity index (χ0) is 10.7. The van der Waals surface area contributed by atoms with E-state index in [9.17, 15) is 5.11 Å². The lowest BCUT2D eigenvalue weighted by Gasteiger charge is -2.25. The zero-order valence-corrected chi connectivity index (χ0v) is 9.03. The summed E-state index contributed by atoms with van der Waals surface area (Å²) in [5, 5.41) is 17.3. The van der Waals surface area contributed by atoms with E-state index in [1.165, 1.54) is 0 Å². The molecule has 0 radical (unpaired) electrons. The summed E-state index contributed by atoms with van der Waals surface area (Å²) in [4.78, 5) is 1.86. The average Bonchev–Trinajstić information content (AvgIpc) is 2.47. The van der Waals surface area contributed by atoms with E-state index in [1.807, 2.05) is 4.90 Å². The minimum atomic E-state index is -0.202. The number of rotatable bonds is 3. The summed E-state index contributed by atoms with van der Waals surface area (Å²) in [5.41, 5.74) is 0. The second-order valence-corrected chi connectivity index (χ2v) is 4.04. The third kappa shape index (κ3) is 2.15. The predicted octanol–water partition coefficient (Wildman–Crippen LogP) is 1.98. The first kappa shape index (κ1) is 11.2. The van der Waals surface area contributed by atoms with Crippen molar-refractivity contribution in [1.29, 1.82) is 5.41 Å². The summed E-state index contributed by atoms with van der Waals surface area (Å²) in [6.45, 7) is 7.57. The Labute approximate surface area is 85.9 Å². The van der Waals surface area contributed by atoms with Crippen LogP contribution in [-0.4, -0.2) is 28.0 Å². The topological polar surface area (TPSA) is 47.3 Å². The Morgan fingerprint density at radius 3 is 2.64 bits per heavy atom. The van der Waals surface area contributed by atoms with Crippen LogP contribution in [0.2, 0.25) is 0 Å². The van der Waals surface area contributed by atoms with Crippen molar-refractivity contribution >= 4 is 5.84 Å². The van der Waals surface area contributed by atoms with E-state index in [4.69, 9.17) is 5.41 Å². The molecular formula is C11H20N2O. The third-order valence-corrected chi connectivity index (χ3v) is 3.13. The first-order valence-electron chi connectivity index (χ1n) is 5.24. The lowest BCUT2D eigenvalue weighted by Crippen LogP contribution is -2.32. The zero-order valence-electron chi connectivity index (χ0n) is 9.03. The number of amidine groups is 1. The van der Waals surface area contributed by atoms with E-state index in [1.54, 1.807) is 13.1 Å². The number of hydrogen-bond acceptors (Lipinski definition) is 2. The van der Waals surface area contributed by atoms with Gasteiger partial charge < -0.3 is 10.0 Å². The van der Waals surface area contributed by atoms with Gasteiger partial charge in [0.25, 0.3) is 0 Å². The lowest BCUT2D eigenvalue weighted by atomic mass is 10.0. The lowest BCUT2D eigenvalue weighted by molar-refractivity contribution is 0.129. The summed E-state index contributed by atoms with van der Waals surface area (Å²) in [5.74, 6) is 0.899. The van der Waals surface area contributed by atoms with Crippen molar-refractivity contribution in [3.63, 3.8) is 0 Å². The van der Waals surface area contributed by atoms with Crippen LogP contribution in [0.1, 0.15) is 33.1 Å². The Morgan fingerprint density at radius 1 is 1.64 bits per heavy atom. The number of aliphatic hydroxyl groups excluding tert-OH is 1. The maximum absolute atomic E-state index is 9.75. The van der Waals surface area contributed by atoms with E-state index >= 15 is 0 Å². The average molecular weight is 196 g/mol. The van der Waals surface area contributed by atoms with Crippen LogP contribution in [0, 0.1) is 11.3 Å². The van der Waals surface area contributed by atoms with Crippen LogP contribution in [0.25, 0.3) is 0 Å². The quantitative estimate of drug-likeness (QED) is 0.535. The highest BCUT2D eigenvalue weighted by atomic mass is 16.3. The van der Waals surface area contributed by atoms with Crippen molar-refractivity contribution < 1.29 is 5.11 Å². The van der Waals surface area contributed by atoms with Gasteiger partial charge in [0, 0.05) is 6.04 Å². The molecule has 0 aromatic carbocycles. The summed E-state index contributed by atoms with van der Waals surface area (Å²) < 4.78 is 0. The van der Waals surface area contributed by atoms with Gasteiger partial charge in [0.15, 0.2) is 0 Å². The molecule has 3 atom stereocenters. The molecule has 3 nitrogen and oxygen atoms in total. The molecule has 3 heteroatoms. The van der Waals surface area contributed by atoms with Crippen LogP contribution in [-0.2, 0) is 0 Å². The minimum absolute atomic E-state index is 0.202. The Hall–Kier alpha value is -0.830. The van der Waals surface area contributed by atoms with E-state index in [-0.39, 0.29) is 12.1 Å². The van der Waals surface area contributed by atoms with Crippen LogP contribution < -0.4 is 0 Å². The van der Waals surface area contributed by atoms with Crippen molar-refractivity contribution in [2.24, 2.45) is 5.92 Å². The standard InChI is InChI=1S/C11H20N2O/c1-4-9-6-10(7-11(9)14)13(5-2)8(3)12/h5,9-12,14H,2,4,6-7H2,1,3H3. The summed E-state index contributed by atoms with van der Waals surface area (Å²) in [7, 11) is 0. The Bertz CT molecular complexity index is 227. The molecule has 1 fully saturated rings. The molecule has 3 unspecified atom stereocenters. The van der Waals surface area contributed by atoms with Crippen LogP contribution in [0.15, 0.2) is 12.8 Å². The maximum Gasteiger partial charge on any atom is 0.0968 e. The van der Waals surface area contributed by atoms with Gasteiger partial charge in [0.2, 0.25) is 0 Å². The molecule has 14 heavy (non-hydrogen) atoms. The van der Waals surface area contributed by atoms with Crippen molar-refractivity contribution in [3.05, 3.63) is 12.8 Å². The summed E-state index contributed by atoms with van der Waals surface area (Å²) in [6, 6.07) is 0.268. The molecule has 2 N–H and O–H groups in total. The molecule has 1 rings (SSSR count). The van der Waals surface area contributed by atoms with E-state index in [0.717, 1.165) is 19.3 Å². The Morgan fingerprint density at radius 2 is 2.29 bits per heavy atom. The fraction of sp³-hybridized carbons (Fsp3) is 0.727. The van der Waals surface area contributed by atoms with Crippen LogP contribution in [0.4, 0.5) is 0 Å². The summed E-state index contributed by atoms with van der Waals surface area (Å²) >= 11 is 0. The molecule has 0 amide bonds. The first-order chi connectivity index (χ1) is 6.60. The molecule has 0 aliphatic heterocycles. The van der Waals surface area contributed by atoms with Crippen LogP contribution in [0.5, 0.6) is 0 Å². The maximum atomic E-state index is 9.75. The van der Waals surface area contributed by atoms with Gasteiger partial charge in [-0.1, -0.05) is 19.9 Å². The summed E-state index contributed by atoms with van der Waals surface area (Å²) in [6.07, 6.45) is 4.24. The van der Waals surface area contributed by atoms with Crippen molar-refractivity contribution in [2.75, 3.05) is 0 Å². The molecule has 1 aliphatic carbocycles. The number of nitrogens with one attached hydrogen (secondary N) is 1. The van der Waals surface area contributed by atoms with Crippen molar-refractivity contribution in [1.82, 2.24) is 4.90 Å². The van der Waals surface area contributed by atoms with Crippen LogP contribution in [0.3, 0.4) is 0 Å². The molecule has 0 aromatic heterocycles. The fourth-order valence-corrected chi connectivity index (χ4v) is 2.30. The molecule has 0 aromatic rings. The molecule has 80 valence electrons. The fourth-order valence-electron chi connectivity index (χ4n) is 2.30. The van der Waals surface area contributed by atoms with E-state index in [0.29, 0.717) is 11.8 Å². The second kappa shape index (κ2) is 4.60. The largest absolute Gasteiger partial charge is 0.393 e. The Balaban J connectivity index is 2.63. The molecule has 0 heterocycles. The molecule has 1 aliphatic rings. The second-order valence-electron chi connectivity index (χ2n) is 4.04. The first-order valence-corrected chi connectivity index (χ1v) is 5.24. The van der Waals surface area contributed by atoms with Crippen molar-refractivity contribution in [2.45, 2.75) is 45.3 Å². The number of nitrogens with zero attached hydrogens (tertiary/aromatic N) is 1. The normalized spacial score (nSPS) is 31.5. The highest BCUT2D eigenvalue weighted by Gasteiger charge is 2.34. The van der Waals surface area contributed by atoms with Gasteiger partial charge in [-0.25, -0.2) is 0 Å². The molecular weight excluding hydrogens is 176 g/mol.